The zero-order valence-corrected chi connectivity index (χ0v) is 11.1. The number of rotatable bonds is 9. The van der Waals surface area contributed by atoms with Crippen molar-refractivity contribution in [2.45, 2.75) is 39.0 Å². The standard InChI is InChI=1S/C10H23NO4S/c1-4-14-10(15-5-2)9(11)7-6-8-16(3,12)13/h9-10H,4-8,11H2,1-3H3. The Morgan fingerprint density at radius 1 is 1.19 bits per heavy atom. The molecule has 0 aliphatic rings. The van der Waals surface area contributed by atoms with Crippen molar-refractivity contribution in [1.82, 2.24) is 0 Å². The van der Waals surface area contributed by atoms with Gasteiger partial charge in [0.2, 0.25) is 0 Å². The molecule has 0 radical (unpaired) electrons. The Hall–Kier alpha value is -0.170. The van der Waals surface area contributed by atoms with Gasteiger partial charge in [-0.05, 0) is 26.7 Å². The van der Waals surface area contributed by atoms with Gasteiger partial charge in [-0.15, -0.1) is 0 Å². The van der Waals surface area contributed by atoms with E-state index in [1.54, 1.807) is 0 Å². The summed E-state index contributed by atoms with van der Waals surface area (Å²) in [4.78, 5) is 0. The van der Waals surface area contributed by atoms with Crippen LogP contribution in [-0.4, -0.2) is 46.0 Å². The highest BCUT2D eigenvalue weighted by atomic mass is 32.2. The van der Waals surface area contributed by atoms with E-state index in [1.165, 1.54) is 6.26 Å². The van der Waals surface area contributed by atoms with Gasteiger partial charge in [-0.3, -0.25) is 0 Å². The number of hydrogen-bond acceptors (Lipinski definition) is 5. The third-order valence-electron chi connectivity index (χ3n) is 2.06. The van der Waals surface area contributed by atoms with Crippen molar-refractivity contribution in [3.05, 3.63) is 0 Å². The predicted molar refractivity (Wildman–Crippen MR) is 64.0 cm³/mol. The van der Waals surface area contributed by atoms with Gasteiger partial charge in [-0.25, -0.2) is 8.42 Å². The molecule has 0 aromatic rings. The SMILES string of the molecule is CCOC(OCC)C(N)CCCS(C)(=O)=O. The fraction of sp³-hybridized carbons (Fsp3) is 1.00. The second-order valence-corrected chi connectivity index (χ2v) is 5.97. The van der Waals surface area contributed by atoms with Crippen molar-refractivity contribution in [3.63, 3.8) is 0 Å². The van der Waals surface area contributed by atoms with Crippen LogP contribution in [-0.2, 0) is 19.3 Å². The van der Waals surface area contributed by atoms with Crippen LogP contribution in [0.4, 0.5) is 0 Å². The molecule has 0 amide bonds. The van der Waals surface area contributed by atoms with Crippen LogP contribution in [0.5, 0.6) is 0 Å². The Bertz CT molecular complexity index is 260. The van der Waals surface area contributed by atoms with Crippen molar-refractivity contribution in [2.24, 2.45) is 5.73 Å². The largest absolute Gasteiger partial charge is 0.351 e. The topological polar surface area (TPSA) is 78.6 Å². The Kier molecular flexibility index (Phi) is 7.91. The van der Waals surface area contributed by atoms with Gasteiger partial charge < -0.3 is 15.2 Å². The minimum atomic E-state index is -2.91. The first kappa shape index (κ1) is 15.8. The highest BCUT2D eigenvalue weighted by Crippen LogP contribution is 2.07. The maximum atomic E-state index is 10.9. The van der Waals surface area contributed by atoms with Crippen molar-refractivity contribution in [2.75, 3.05) is 25.2 Å². The molecule has 0 saturated heterocycles. The minimum absolute atomic E-state index is 0.158. The summed E-state index contributed by atoms with van der Waals surface area (Å²) in [5.41, 5.74) is 5.87. The highest BCUT2D eigenvalue weighted by Gasteiger charge is 2.18. The van der Waals surface area contributed by atoms with Crippen LogP contribution in [0.2, 0.25) is 0 Å². The van der Waals surface area contributed by atoms with E-state index in [-0.39, 0.29) is 11.8 Å². The van der Waals surface area contributed by atoms with E-state index < -0.39 is 16.1 Å². The van der Waals surface area contributed by atoms with Gasteiger partial charge in [0, 0.05) is 25.2 Å². The second kappa shape index (κ2) is 8.00. The first-order valence-corrected chi connectivity index (χ1v) is 7.63. The van der Waals surface area contributed by atoms with Crippen LogP contribution in [0.1, 0.15) is 26.7 Å². The molecule has 6 heteroatoms. The summed E-state index contributed by atoms with van der Waals surface area (Å²) in [6, 6.07) is -0.276. The average molecular weight is 253 g/mol. The first-order chi connectivity index (χ1) is 7.40. The molecule has 0 heterocycles. The highest BCUT2D eigenvalue weighted by molar-refractivity contribution is 7.90. The van der Waals surface area contributed by atoms with E-state index in [1.807, 2.05) is 13.8 Å². The molecule has 98 valence electrons. The molecule has 0 aromatic heterocycles. The average Bonchev–Trinajstić information content (AvgIpc) is 2.15. The molecule has 0 aromatic carbocycles. The smallest absolute Gasteiger partial charge is 0.172 e. The second-order valence-electron chi connectivity index (χ2n) is 3.72. The normalized spacial score (nSPS) is 14.3. The summed E-state index contributed by atoms with van der Waals surface area (Å²) in [6.07, 6.45) is 1.91. The quantitative estimate of drug-likeness (QED) is 0.607. The van der Waals surface area contributed by atoms with Crippen LogP contribution in [0.25, 0.3) is 0 Å². The Labute approximate surface area is 98.2 Å². The maximum Gasteiger partial charge on any atom is 0.172 e. The van der Waals surface area contributed by atoms with Crippen molar-refractivity contribution in [3.8, 4) is 0 Å². The van der Waals surface area contributed by atoms with Crippen LogP contribution < -0.4 is 5.73 Å². The minimum Gasteiger partial charge on any atom is -0.351 e. The molecule has 16 heavy (non-hydrogen) atoms. The van der Waals surface area contributed by atoms with Gasteiger partial charge in [-0.2, -0.15) is 0 Å². The first-order valence-electron chi connectivity index (χ1n) is 5.57. The molecule has 0 aliphatic carbocycles. The molecular formula is C10H23NO4S. The lowest BCUT2D eigenvalue weighted by Crippen LogP contribution is -2.39. The van der Waals surface area contributed by atoms with Crippen LogP contribution >= 0.6 is 0 Å². The van der Waals surface area contributed by atoms with Gasteiger partial charge >= 0.3 is 0 Å². The van der Waals surface area contributed by atoms with E-state index in [4.69, 9.17) is 15.2 Å². The Morgan fingerprint density at radius 2 is 1.69 bits per heavy atom. The zero-order valence-electron chi connectivity index (χ0n) is 10.3. The molecule has 0 aliphatic heterocycles. The number of hydrogen-bond donors (Lipinski definition) is 1. The summed E-state index contributed by atoms with van der Waals surface area (Å²) in [5, 5.41) is 0. The third kappa shape index (κ3) is 8.04. The Morgan fingerprint density at radius 3 is 2.06 bits per heavy atom. The maximum absolute atomic E-state index is 10.9. The van der Waals surface area contributed by atoms with E-state index in [2.05, 4.69) is 0 Å². The lowest BCUT2D eigenvalue weighted by molar-refractivity contribution is -0.149. The number of nitrogens with two attached hydrogens (primary N) is 1. The fourth-order valence-corrected chi connectivity index (χ4v) is 2.03. The molecule has 1 unspecified atom stereocenters. The summed E-state index contributed by atoms with van der Waals surface area (Å²) >= 11 is 0. The van der Waals surface area contributed by atoms with Crippen molar-refractivity contribution < 1.29 is 17.9 Å². The molecular weight excluding hydrogens is 230 g/mol. The van der Waals surface area contributed by atoms with E-state index in [9.17, 15) is 8.42 Å². The fourth-order valence-electron chi connectivity index (χ4n) is 1.34. The van der Waals surface area contributed by atoms with Crippen molar-refractivity contribution in [1.29, 1.82) is 0 Å². The third-order valence-corrected chi connectivity index (χ3v) is 3.09. The molecule has 0 rings (SSSR count). The molecule has 0 bridgehead atoms. The van der Waals surface area contributed by atoms with Crippen molar-refractivity contribution >= 4 is 9.84 Å². The van der Waals surface area contributed by atoms with E-state index in [0.717, 1.165) is 0 Å². The van der Waals surface area contributed by atoms with E-state index >= 15 is 0 Å². The van der Waals surface area contributed by atoms with Crippen LogP contribution in [0.15, 0.2) is 0 Å². The molecule has 0 spiro atoms. The lowest BCUT2D eigenvalue weighted by Gasteiger charge is -2.23. The summed E-state index contributed by atoms with van der Waals surface area (Å²) in [6.45, 7) is 4.80. The molecule has 2 N–H and O–H groups in total. The molecule has 5 nitrogen and oxygen atoms in total. The summed E-state index contributed by atoms with van der Waals surface area (Å²) in [7, 11) is -2.91. The molecule has 0 saturated carbocycles. The number of ether oxygens (including phenoxy) is 2. The van der Waals surface area contributed by atoms with Gasteiger partial charge in [0.15, 0.2) is 6.29 Å². The van der Waals surface area contributed by atoms with Crippen LogP contribution in [0, 0.1) is 0 Å². The van der Waals surface area contributed by atoms with E-state index in [0.29, 0.717) is 26.1 Å². The number of sulfone groups is 1. The summed E-state index contributed by atoms with van der Waals surface area (Å²) < 4.78 is 32.5. The Balaban J connectivity index is 3.95. The molecule has 1 atom stereocenters. The predicted octanol–water partition coefficient (Wildman–Crippen LogP) is 0.538. The van der Waals surface area contributed by atoms with Gasteiger partial charge in [0.1, 0.15) is 9.84 Å². The molecule has 0 fully saturated rings. The van der Waals surface area contributed by atoms with Crippen LogP contribution in [0.3, 0.4) is 0 Å². The zero-order chi connectivity index (χ0) is 12.6. The van der Waals surface area contributed by atoms with Gasteiger partial charge in [0.05, 0.1) is 6.04 Å². The van der Waals surface area contributed by atoms with Gasteiger partial charge in [-0.1, -0.05) is 0 Å². The monoisotopic (exact) mass is 253 g/mol. The van der Waals surface area contributed by atoms with Gasteiger partial charge in [0.25, 0.3) is 0 Å². The lowest BCUT2D eigenvalue weighted by atomic mass is 10.2. The summed E-state index contributed by atoms with van der Waals surface area (Å²) in [5.74, 6) is 0.158.